The van der Waals surface area contributed by atoms with Crippen molar-refractivity contribution < 1.29 is 18.7 Å². The lowest BCUT2D eigenvalue weighted by Gasteiger charge is -2.31. The molecule has 1 aromatic carbocycles. The number of amides is 2. The summed E-state index contributed by atoms with van der Waals surface area (Å²) < 4.78 is 13.4. The predicted octanol–water partition coefficient (Wildman–Crippen LogP) is 3.22. The molecule has 3 aromatic rings. The number of carbonyl (C=O) groups excluding carboxylic acids is 2. The molecule has 2 aliphatic heterocycles. The van der Waals surface area contributed by atoms with E-state index in [1.807, 2.05) is 10.6 Å². The Morgan fingerprint density at radius 1 is 1.15 bits per heavy atom. The van der Waals surface area contributed by atoms with Gasteiger partial charge >= 0.3 is 0 Å². The predicted molar refractivity (Wildman–Crippen MR) is 120 cm³/mol. The lowest BCUT2D eigenvalue weighted by molar-refractivity contribution is -0.126. The first-order chi connectivity index (χ1) is 16.1. The summed E-state index contributed by atoms with van der Waals surface area (Å²) in [5.41, 5.74) is 3.62. The average Bonchev–Trinajstić information content (AvgIpc) is 3.52. The number of piperidine rings is 1. The number of aromatic nitrogens is 2. The zero-order valence-corrected chi connectivity index (χ0v) is 18.7. The molecule has 0 aliphatic carbocycles. The summed E-state index contributed by atoms with van der Waals surface area (Å²) in [6.07, 6.45) is 4.55. The second-order valence-corrected chi connectivity index (χ2v) is 8.77. The number of likely N-dealkylation sites (tertiary alicyclic amines) is 1. The van der Waals surface area contributed by atoms with Crippen molar-refractivity contribution in [3.05, 3.63) is 77.3 Å². The van der Waals surface area contributed by atoms with Gasteiger partial charge in [0.25, 0.3) is 5.91 Å². The quantitative estimate of drug-likeness (QED) is 0.647. The summed E-state index contributed by atoms with van der Waals surface area (Å²) in [4.78, 5) is 31.9. The minimum atomic E-state index is -0.0986. The summed E-state index contributed by atoms with van der Waals surface area (Å²) in [6.45, 7) is 4.51. The third kappa shape index (κ3) is 4.57. The van der Waals surface area contributed by atoms with Gasteiger partial charge in [0.05, 0.1) is 38.0 Å². The fourth-order valence-corrected chi connectivity index (χ4v) is 4.51. The fourth-order valence-electron chi connectivity index (χ4n) is 4.51. The Hall–Kier alpha value is -3.39. The van der Waals surface area contributed by atoms with E-state index in [2.05, 4.69) is 41.5 Å². The molecule has 1 unspecified atom stereocenters. The van der Waals surface area contributed by atoms with E-state index in [0.717, 1.165) is 17.0 Å². The van der Waals surface area contributed by atoms with Crippen LogP contribution in [-0.2, 0) is 29.2 Å². The van der Waals surface area contributed by atoms with Gasteiger partial charge in [-0.05, 0) is 37.5 Å². The molecule has 4 heterocycles. The highest BCUT2D eigenvalue weighted by Crippen LogP contribution is 2.29. The summed E-state index contributed by atoms with van der Waals surface area (Å²) in [7, 11) is 0. The Balaban J connectivity index is 1.17. The van der Waals surface area contributed by atoms with Crippen LogP contribution >= 0.6 is 0 Å². The van der Waals surface area contributed by atoms with E-state index in [1.165, 1.54) is 5.56 Å². The molecule has 0 spiro atoms. The molecule has 0 saturated carbocycles. The van der Waals surface area contributed by atoms with Gasteiger partial charge in [0.1, 0.15) is 11.9 Å². The van der Waals surface area contributed by atoms with E-state index in [4.69, 9.17) is 9.15 Å². The number of carbonyl (C=O) groups is 2. The first kappa shape index (κ1) is 21.5. The minimum Gasteiger partial charge on any atom is -0.467 e. The first-order valence-electron chi connectivity index (χ1n) is 11.4. The molecule has 8 nitrogen and oxygen atoms in total. The number of benzene rings is 1. The smallest absolute Gasteiger partial charge is 0.274 e. The maximum atomic E-state index is 13.2. The van der Waals surface area contributed by atoms with Crippen LogP contribution in [0.1, 0.15) is 52.0 Å². The Morgan fingerprint density at radius 3 is 2.67 bits per heavy atom. The normalized spacial score (nSPS) is 18.7. The lowest BCUT2D eigenvalue weighted by Crippen LogP contribution is -2.43. The molecule has 2 aromatic heterocycles. The van der Waals surface area contributed by atoms with E-state index < -0.39 is 0 Å². The monoisotopic (exact) mass is 448 g/mol. The van der Waals surface area contributed by atoms with Crippen LogP contribution in [0.5, 0.6) is 0 Å². The molecular weight excluding hydrogens is 420 g/mol. The molecule has 33 heavy (non-hydrogen) atoms. The van der Waals surface area contributed by atoms with Crippen LogP contribution in [0.4, 0.5) is 0 Å². The van der Waals surface area contributed by atoms with Gasteiger partial charge in [0, 0.05) is 19.0 Å². The van der Waals surface area contributed by atoms with Crippen LogP contribution in [0.2, 0.25) is 0 Å². The number of imidazole rings is 1. The van der Waals surface area contributed by atoms with Crippen LogP contribution in [-0.4, -0.2) is 39.4 Å². The number of fused-ring (bicyclic) bond motifs is 1. The summed E-state index contributed by atoms with van der Waals surface area (Å²) in [5.74, 6) is 0.551. The number of hydrogen-bond acceptors (Lipinski definition) is 5. The van der Waals surface area contributed by atoms with E-state index in [-0.39, 0.29) is 23.8 Å². The van der Waals surface area contributed by atoms with Crippen molar-refractivity contribution in [2.45, 2.75) is 45.6 Å². The lowest BCUT2D eigenvalue weighted by atomic mass is 9.95. The maximum Gasteiger partial charge on any atom is 0.274 e. The summed E-state index contributed by atoms with van der Waals surface area (Å²) in [6, 6.07) is 12.0. The molecule has 2 amide bonds. The Kier molecular flexibility index (Phi) is 6.00. The van der Waals surface area contributed by atoms with Gasteiger partial charge in [-0.1, -0.05) is 29.8 Å². The van der Waals surface area contributed by atoms with Gasteiger partial charge in [-0.25, -0.2) is 4.98 Å². The number of hydrogen-bond donors (Lipinski definition) is 1. The highest BCUT2D eigenvalue weighted by Gasteiger charge is 2.32. The van der Waals surface area contributed by atoms with E-state index >= 15 is 0 Å². The SMILES string of the molecule is Cc1ccc(C2Cn3cnc(C(=O)N4CCC(C(=O)NCc5ccco5)CC4)c3CO2)cc1. The molecule has 0 radical (unpaired) electrons. The van der Waals surface area contributed by atoms with Gasteiger partial charge in [-0.15, -0.1) is 0 Å². The summed E-state index contributed by atoms with van der Waals surface area (Å²) in [5, 5.41) is 2.92. The standard InChI is InChI=1S/C25H28N4O4/c1-17-4-6-18(7-5-17)22-14-29-16-27-23(21(29)15-33-22)25(31)28-10-8-19(9-11-28)24(30)26-13-20-3-2-12-32-20/h2-7,12,16,19,22H,8-11,13-15H2,1H3,(H,26,30). The number of ether oxygens (including phenoxy) is 1. The topological polar surface area (TPSA) is 89.6 Å². The molecule has 1 fully saturated rings. The number of furan rings is 1. The minimum absolute atomic E-state index is 0.00779. The van der Waals surface area contributed by atoms with Gasteiger partial charge in [-0.3, -0.25) is 9.59 Å². The molecule has 2 aliphatic rings. The molecule has 172 valence electrons. The molecule has 8 heteroatoms. The van der Waals surface area contributed by atoms with Gasteiger partial charge in [0.2, 0.25) is 5.91 Å². The van der Waals surface area contributed by atoms with Crippen molar-refractivity contribution in [1.29, 1.82) is 0 Å². The third-order valence-corrected chi connectivity index (χ3v) is 6.55. The largest absolute Gasteiger partial charge is 0.467 e. The van der Waals surface area contributed by atoms with Crippen LogP contribution in [0.25, 0.3) is 0 Å². The van der Waals surface area contributed by atoms with Crippen molar-refractivity contribution in [3.63, 3.8) is 0 Å². The van der Waals surface area contributed by atoms with Gasteiger partial charge < -0.3 is 23.9 Å². The van der Waals surface area contributed by atoms with Crippen molar-refractivity contribution in [3.8, 4) is 0 Å². The Labute approximate surface area is 192 Å². The van der Waals surface area contributed by atoms with Crippen molar-refractivity contribution in [2.24, 2.45) is 5.92 Å². The fraction of sp³-hybridized carbons (Fsp3) is 0.400. The molecular formula is C25H28N4O4. The van der Waals surface area contributed by atoms with E-state index in [1.54, 1.807) is 23.6 Å². The second kappa shape index (κ2) is 9.23. The molecule has 5 rings (SSSR count). The third-order valence-electron chi connectivity index (χ3n) is 6.55. The van der Waals surface area contributed by atoms with Crippen molar-refractivity contribution >= 4 is 11.8 Å². The highest BCUT2D eigenvalue weighted by molar-refractivity contribution is 5.93. The van der Waals surface area contributed by atoms with Crippen molar-refractivity contribution in [2.75, 3.05) is 13.1 Å². The Bertz CT molecular complexity index is 1110. The highest BCUT2D eigenvalue weighted by atomic mass is 16.5. The second-order valence-electron chi connectivity index (χ2n) is 8.77. The van der Waals surface area contributed by atoms with Crippen LogP contribution in [0.15, 0.2) is 53.4 Å². The number of rotatable bonds is 5. The van der Waals surface area contributed by atoms with E-state index in [0.29, 0.717) is 51.3 Å². The number of nitrogens with one attached hydrogen (secondary N) is 1. The van der Waals surface area contributed by atoms with Crippen molar-refractivity contribution in [1.82, 2.24) is 19.8 Å². The van der Waals surface area contributed by atoms with Crippen LogP contribution < -0.4 is 5.32 Å². The maximum absolute atomic E-state index is 13.2. The van der Waals surface area contributed by atoms with Gasteiger partial charge in [0.15, 0.2) is 5.69 Å². The Morgan fingerprint density at radius 2 is 1.94 bits per heavy atom. The zero-order valence-electron chi connectivity index (χ0n) is 18.7. The average molecular weight is 449 g/mol. The van der Waals surface area contributed by atoms with Gasteiger partial charge in [-0.2, -0.15) is 0 Å². The molecule has 0 bridgehead atoms. The molecule has 1 saturated heterocycles. The first-order valence-corrected chi connectivity index (χ1v) is 11.4. The van der Waals surface area contributed by atoms with Crippen LogP contribution in [0, 0.1) is 12.8 Å². The van der Waals surface area contributed by atoms with Crippen LogP contribution in [0.3, 0.4) is 0 Å². The number of aryl methyl sites for hydroxylation is 1. The van der Waals surface area contributed by atoms with E-state index in [9.17, 15) is 9.59 Å². The molecule has 1 N–H and O–H groups in total. The summed E-state index contributed by atoms with van der Waals surface area (Å²) >= 11 is 0. The molecule has 1 atom stereocenters. The number of nitrogens with zero attached hydrogens (tertiary/aromatic N) is 3. The zero-order chi connectivity index (χ0) is 22.8.